The van der Waals surface area contributed by atoms with Crippen LogP contribution in [0, 0.1) is 5.92 Å². The van der Waals surface area contributed by atoms with Crippen LogP contribution in [0.2, 0.25) is 10.0 Å². The number of anilines is 1. The van der Waals surface area contributed by atoms with Gasteiger partial charge >= 0.3 is 0 Å². The van der Waals surface area contributed by atoms with Gasteiger partial charge in [0.1, 0.15) is 5.82 Å². The molecule has 0 radical (unpaired) electrons. The number of pyridine rings is 1. The summed E-state index contributed by atoms with van der Waals surface area (Å²) in [5.41, 5.74) is 1.20. The largest absolute Gasteiger partial charge is 0.368 e. The molecule has 1 unspecified atom stereocenters. The summed E-state index contributed by atoms with van der Waals surface area (Å²) in [4.78, 5) is 28.6. The van der Waals surface area contributed by atoms with Crippen molar-refractivity contribution in [1.82, 2.24) is 19.9 Å². The van der Waals surface area contributed by atoms with Crippen molar-refractivity contribution in [1.29, 1.82) is 0 Å². The normalized spacial score (nSPS) is 18.6. The molecule has 6 nitrogen and oxygen atoms in total. The minimum absolute atomic E-state index is 0.0160. The first kappa shape index (κ1) is 21.5. The molecule has 1 aliphatic heterocycles. The average molecular weight is 456 g/mol. The predicted octanol–water partition coefficient (Wildman–Crippen LogP) is 5.20. The molecule has 1 N–H and O–H groups in total. The summed E-state index contributed by atoms with van der Waals surface area (Å²) in [5, 5.41) is 4.45. The van der Waals surface area contributed by atoms with E-state index in [2.05, 4.69) is 27.2 Å². The lowest BCUT2D eigenvalue weighted by Crippen LogP contribution is -2.51. The van der Waals surface area contributed by atoms with Crippen LogP contribution >= 0.6 is 23.2 Å². The highest BCUT2D eigenvalue weighted by Crippen LogP contribution is 2.30. The molecular formula is C23H23Cl2N5O. The van der Waals surface area contributed by atoms with E-state index in [1.165, 1.54) is 0 Å². The molecular weight excluding hydrogens is 433 g/mol. The molecule has 0 aliphatic carbocycles. The number of halogens is 2. The minimum atomic E-state index is -0.0626. The number of piperidine rings is 1. The van der Waals surface area contributed by atoms with Gasteiger partial charge in [-0.25, -0.2) is 15.0 Å². The summed E-state index contributed by atoms with van der Waals surface area (Å²) in [5.74, 6) is 1.52. The third kappa shape index (κ3) is 4.97. The van der Waals surface area contributed by atoms with E-state index in [4.69, 9.17) is 23.2 Å². The fraction of sp³-hybridized carbons (Fsp3) is 0.304. The van der Waals surface area contributed by atoms with Crippen molar-refractivity contribution in [2.24, 2.45) is 5.92 Å². The highest BCUT2D eigenvalue weighted by molar-refractivity contribution is 6.31. The second-order valence-electron chi connectivity index (χ2n) is 7.69. The first-order valence-corrected chi connectivity index (χ1v) is 11.0. The fourth-order valence-electron chi connectivity index (χ4n) is 3.98. The summed E-state index contributed by atoms with van der Waals surface area (Å²) in [6.45, 7) is 3.46. The maximum Gasteiger partial charge on any atom is 0.254 e. The van der Waals surface area contributed by atoms with Gasteiger partial charge in [0.25, 0.3) is 5.91 Å². The van der Waals surface area contributed by atoms with Gasteiger partial charge in [0, 0.05) is 42.3 Å². The van der Waals surface area contributed by atoms with Gasteiger partial charge in [-0.05, 0) is 55.2 Å². The first-order chi connectivity index (χ1) is 15.0. The molecule has 8 heteroatoms. The van der Waals surface area contributed by atoms with Gasteiger partial charge in [0.05, 0.1) is 16.6 Å². The Balaban J connectivity index is 1.61. The van der Waals surface area contributed by atoms with Crippen LogP contribution < -0.4 is 5.32 Å². The van der Waals surface area contributed by atoms with Crippen LogP contribution in [-0.4, -0.2) is 44.9 Å². The molecule has 1 amide bonds. The van der Waals surface area contributed by atoms with Crippen LogP contribution in [0.3, 0.4) is 0 Å². The lowest BCUT2D eigenvalue weighted by molar-refractivity contribution is 0.0540. The fourth-order valence-corrected chi connectivity index (χ4v) is 4.27. The Kier molecular flexibility index (Phi) is 6.68. The number of carbonyl (C=O) groups excluding carboxylic acids is 1. The van der Waals surface area contributed by atoms with E-state index in [0.717, 1.165) is 18.7 Å². The summed E-state index contributed by atoms with van der Waals surface area (Å²) in [7, 11) is 0. The molecule has 3 aromatic rings. The molecule has 160 valence electrons. The van der Waals surface area contributed by atoms with Crippen molar-refractivity contribution in [3.05, 3.63) is 70.6 Å². The van der Waals surface area contributed by atoms with Gasteiger partial charge in [-0.1, -0.05) is 30.1 Å². The van der Waals surface area contributed by atoms with Crippen molar-refractivity contribution < 1.29 is 4.79 Å². The van der Waals surface area contributed by atoms with Crippen molar-refractivity contribution in [2.45, 2.75) is 25.8 Å². The molecule has 0 spiro atoms. The number of carbonyl (C=O) groups is 1. The number of aromatic nitrogens is 3. The predicted molar refractivity (Wildman–Crippen MR) is 123 cm³/mol. The Morgan fingerprint density at radius 1 is 1.13 bits per heavy atom. The van der Waals surface area contributed by atoms with Gasteiger partial charge in [-0.2, -0.15) is 0 Å². The summed E-state index contributed by atoms with van der Waals surface area (Å²) >= 11 is 12.2. The van der Waals surface area contributed by atoms with Crippen LogP contribution in [0.25, 0.3) is 11.4 Å². The van der Waals surface area contributed by atoms with E-state index in [1.54, 1.807) is 42.9 Å². The molecule has 3 heterocycles. The number of nitrogens with zero attached hydrogens (tertiary/aromatic N) is 4. The maximum atomic E-state index is 13.7. The Labute approximate surface area is 191 Å². The van der Waals surface area contributed by atoms with Gasteiger partial charge in [0.15, 0.2) is 5.82 Å². The topological polar surface area (TPSA) is 71.0 Å². The smallest absolute Gasteiger partial charge is 0.254 e. The van der Waals surface area contributed by atoms with Crippen LogP contribution in [0.4, 0.5) is 5.82 Å². The average Bonchev–Trinajstić information content (AvgIpc) is 2.79. The van der Waals surface area contributed by atoms with Gasteiger partial charge in [-0.15, -0.1) is 0 Å². The second-order valence-corrected chi connectivity index (χ2v) is 8.56. The summed E-state index contributed by atoms with van der Waals surface area (Å²) in [6, 6.07) is 10.7. The first-order valence-electron chi connectivity index (χ1n) is 10.3. The number of benzene rings is 1. The molecule has 0 bridgehead atoms. The van der Waals surface area contributed by atoms with Crippen molar-refractivity contribution in [3.8, 4) is 11.4 Å². The number of hydrogen-bond donors (Lipinski definition) is 1. The quantitative estimate of drug-likeness (QED) is 0.572. The highest BCUT2D eigenvalue weighted by Gasteiger charge is 2.33. The summed E-state index contributed by atoms with van der Waals surface area (Å²) < 4.78 is 0. The summed E-state index contributed by atoms with van der Waals surface area (Å²) in [6.07, 6.45) is 6.96. The van der Waals surface area contributed by atoms with Crippen molar-refractivity contribution >= 4 is 34.9 Å². The molecule has 31 heavy (non-hydrogen) atoms. The second kappa shape index (κ2) is 9.62. The Hall–Kier alpha value is -2.70. The van der Waals surface area contributed by atoms with E-state index >= 15 is 0 Å². The van der Waals surface area contributed by atoms with E-state index in [9.17, 15) is 4.79 Å². The Morgan fingerprint density at radius 3 is 2.65 bits per heavy atom. The van der Waals surface area contributed by atoms with Crippen LogP contribution in [0.1, 0.15) is 30.1 Å². The molecule has 1 aromatic carbocycles. The molecule has 2 aromatic heterocycles. The van der Waals surface area contributed by atoms with Gasteiger partial charge < -0.3 is 10.2 Å². The molecule has 1 aliphatic rings. The molecule has 1 saturated heterocycles. The molecule has 0 saturated carbocycles. The lowest BCUT2D eigenvalue weighted by atomic mass is 9.89. The molecule has 2 atom stereocenters. The zero-order chi connectivity index (χ0) is 21.8. The van der Waals surface area contributed by atoms with Crippen LogP contribution in [0.15, 0.2) is 55.0 Å². The number of likely N-dealkylation sites (tertiary alicyclic amines) is 1. The van der Waals surface area contributed by atoms with E-state index in [0.29, 0.717) is 46.0 Å². The maximum absolute atomic E-state index is 13.7. The third-order valence-corrected chi connectivity index (χ3v) is 6.07. The molecule has 1 fully saturated rings. The number of hydrogen-bond acceptors (Lipinski definition) is 5. The Bertz CT molecular complexity index is 1050. The van der Waals surface area contributed by atoms with Crippen LogP contribution in [-0.2, 0) is 0 Å². The Morgan fingerprint density at radius 2 is 1.90 bits per heavy atom. The number of nitrogens with one attached hydrogen (secondary N) is 1. The van der Waals surface area contributed by atoms with E-state index in [-0.39, 0.29) is 11.9 Å². The third-order valence-electron chi connectivity index (χ3n) is 5.61. The standard InChI is InChI=1S/C23H23Cl2N5O/c1-15-4-2-11-30(20(15)14-29-21-8-6-17(25)13-28-21)23(31)19-12-16(24)5-7-18(19)22-26-9-3-10-27-22/h3,5-10,12-13,15,20H,2,4,11,14H2,1H3,(H,28,29)/t15-,20?/m1/s1. The number of rotatable bonds is 5. The van der Waals surface area contributed by atoms with Gasteiger partial charge in [0.2, 0.25) is 0 Å². The van der Waals surface area contributed by atoms with Gasteiger partial charge in [-0.3, -0.25) is 4.79 Å². The van der Waals surface area contributed by atoms with E-state index in [1.807, 2.05) is 17.0 Å². The van der Waals surface area contributed by atoms with E-state index < -0.39 is 0 Å². The van der Waals surface area contributed by atoms with Crippen LogP contribution in [0.5, 0.6) is 0 Å². The zero-order valence-electron chi connectivity index (χ0n) is 17.1. The lowest BCUT2D eigenvalue weighted by Gasteiger charge is -2.40. The molecule has 4 rings (SSSR count). The number of amides is 1. The van der Waals surface area contributed by atoms with Crippen molar-refractivity contribution in [3.63, 3.8) is 0 Å². The zero-order valence-corrected chi connectivity index (χ0v) is 18.6. The highest BCUT2D eigenvalue weighted by atomic mass is 35.5. The SMILES string of the molecule is C[C@@H]1CCCN(C(=O)c2cc(Cl)ccc2-c2ncccn2)C1CNc1ccc(Cl)cn1. The monoisotopic (exact) mass is 455 g/mol. The minimum Gasteiger partial charge on any atom is -0.368 e. The van der Waals surface area contributed by atoms with Crippen molar-refractivity contribution in [2.75, 3.05) is 18.4 Å².